The largest absolute Gasteiger partial charge is 0.459 e. The van der Waals surface area contributed by atoms with Crippen LogP contribution in [0.3, 0.4) is 0 Å². The average molecular weight is 466 g/mol. The molecule has 0 spiro atoms. The first-order valence-corrected chi connectivity index (χ1v) is 12.5. The molecular formula is C26H43NO6. The monoisotopic (exact) mass is 465 g/mol. The van der Waals surface area contributed by atoms with Crippen LogP contribution >= 0.6 is 0 Å². The Bertz CT molecular complexity index is 668. The van der Waals surface area contributed by atoms with E-state index in [0.29, 0.717) is 32.1 Å². The van der Waals surface area contributed by atoms with Crippen molar-refractivity contribution < 1.29 is 29.6 Å². The Labute approximate surface area is 198 Å². The van der Waals surface area contributed by atoms with Crippen LogP contribution in [0.2, 0.25) is 0 Å². The van der Waals surface area contributed by atoms with Gasteiger partial charge in [-0.3, -0.25) is 10.1 Å². The van der Waals surface area contributed by atoms with Crippen LogP contribution in [0.1, 0.15) is 78.6 Å². The van der Waals surface area contributed by atoms with Gasteiger partial charge in [0, 0.05) is 18.4 Å². The second kappa shape index (κ2) is 14.0. The maximum atomic E-state index is 12.8. The van der Waals surface area contributed by atoms with Gasteiger partial charge in [0.05, 0.1) is 6.10 Å². The zero-order valence-corrected chi connectivity index (χ0v) is 20.4. The standard InChI is InChI=1S/C26H43NO6/c1-17-10-8-6-4-5-7-9-11-25(32)33-26(17)19(3)12-18(2)22(29)16-21(28)13-20-14-23(30)27-24(31)15-20/h4-5,9,11,17-21,23-24,26-28,30-31H,6-8,10,12-16H2,1-3H3/b5-4+,11-9+/t17-,18-,19+,20?,21+,23-,24+,26+/m0/s1. The Balaban J connectivity index is 1.88. The first kappa shape index (κ1) is 27.7. The van der Waals surface area contributed by atoms with Crippen molar-refractivity contribution in [3.05, 3.63) is 24.3 Å². The molecule has 1 saturated heterocycles. The Morgan fingerprint density at radius 3 is 2.58 bits per heavy atom. The van der Waals surface area contributed by atoms with Crippen molar-refractivity contribution in [2.75, 3.05) is 0 Å². The topological polar surface area (TPSA) is 116 Å². The quantitative estimate of drug-likeness (QED) is 0.321. The zero-order chi connectivity index (χ0) is 24.4. The summed E-state index contributed by atoms with van der Waals surface area (Å²) >= 11 is 0. The maximum absolute atomic E-state index is 12.8. The van der Waals surface area contributed by atoms with Gasteiger partial charge >= 0.3 is 5.97 Å². The van der Waals surface area contributed by atoms with Crippen LogP contribution in [-0.2, 0) is 14.3 Å². The lowest BCUT2D eigenvalue weighted by atomic mass is 9.82. The number of rotatable bonds is 8. The number of aliphatic hydroxyl groups is 3. The number of carbonyl (C=O) groups excluding carboxylic acids is 2. The Kier molecular flexibility index (Phi) is 11.7. The van der Waals surface area contributed by atoms with E-state index >= 15 is 0 Å². The highest BCUT2D eigenvalue weighted by Gasteiger charge is 2.31. The van der Waals surface area contributed by atoms with Crippen LogP contribution in [0.4, 0.5) is 0 Å². The fraction of sp³-hybridized carbons (Fsp3) is 0.769. The molecule has 8 atom stereocenters. The van der Waals surface area contributed by atoms with E-state index in [2.05, 4.69) is 24.4 Å². The first-order chi connectivity index (χ1) is 15.7. The maximum Gasteiger partial charge on any atom is 0.330 e. The van der Waals surface area contributed by atoms with E-state index in [9.17, 15) is 24.9 Å². The number of carbonyl (C=O) groups is 2. The Hall–Kier alpha value is -1.54. The fourth-order valence-corrected chi connectivity index (χ4v) is 5.15. The Morgan fingerprint density at radius 2 is 1.88 bits per heavy atom. The lowest BCUT2D eigenvalue weighted by Crippen LogP contribution is -2.46. The molecular weight excluding hydrogens is 422 g/mol. The predicted octanol–water partition coefficient (Wildman–Crippen LogP) is 3.23. The van der Waals surface area contributed by atoms with Crippen molar-refractivity contribution in [1.29, 1.82) is 0 Å². The van der Waals surface area contributed by atoms with E-state index in [1.807, 2.05) is 13.8 Å². The van der Waals surface area contributed by atoms with E-state index in [-0.39, 0.29) is 47.9 Å². The molecule has 2 heterocycles. The van der Waals surface area contributed by atoms with Crippen LogP contribution in [0.5, 0.6) is 0 Å². The minimum atomic E-state index is -0.797. The lowest BCUT2D eigenvalue weighted by Gasteiger charge is -2.32. The zero-order valence-electron chi connectivity index (χ0n) is 20.4. The van der Waals surface area contributed by atoms with Gasteiger partial charge in [-0.05, 0) is 69.1 Å². The number of hydrogen-bond donors (Lipinski definition) is 4. The lowest BCUT2D eigenvalue weighted by molar-refractivity contribution is -0.149. The Morgan fingerprint density at radius 1 is 1.18 bits per heavy atom. The smallest absolute Gasteiger partial charge is 0.330 e. The van der Waals surface area contributed by atoms with Gasteiger partial charge in [0.1, 0.15) is 24.3 Å². The predicted molar refractivity (Wildman–Crippen MR) is 127 cm³/mol. The minimum absolute atomic E-state index is 0.0125. The number of ether oxygens (including phenoxy) is 1. The number of hydrogen-bond acceptors (Lipinski definition) is 7. The van der Waals surface area contributed by atoms with Crippen molar-refractivity contribution >= 4 is 11.8 Å². The summed E-state index contributed by atoms with van der Waals surface area (Å²) in [7, 11) is 0. The summed E-state index contributed by atoms with van der Waals surface area (Å²) in [6.45, 7) is 6.00. The molecule has 188 valence electrons. The third-order valence-corrected chi connectivity index (χ3v) is 6.91. The van der Waals surface area contributed by atoms with E-state index in [0.717, 1.165) is 19.3 Å². The molecule has 7 nitrogen and oxygen atoms in total. The fourth-order valence-electron chi connectivity index (χ4n) is 5.15. The van der Waals surface area contributed by atoms with Gasteiger partial charge in [-0.2, -0.15) is 0 Å². The molecule has 0 bridgehead atoms. The molecule has 7 heteroatoms. The van der Waals surface area contributed by atoms with Crippen molar-refractivity contribution in [2.45, 2.75) is 103 Å². The summed E-state index contributed by atoms with van der Waals surface area (Å²) in [5.41, 5.74) is 0. The van der Waals surface area contributed by atoms with Crippen LogP contribution < -0.4 is 5.32 Å². The van der Waals surface area contributed by atoms with E-state index < -0.39 is 18.6 Å². The molecule has 33 heavy (non-hydrogen) atoms. The molecule has 0 amide bonds. The molecule has 1 unspecified atom stereocenters. The molecule has 4 N–H and O–H groups in total. The van der Waals surface area contributed by atoms with Gasteiger partial charge in [-0.25, -0.2) is 4.79 Å². The summed E-state index contributed by atoms with van der Waals surface area (Å²) in [5, 5.41) is 32.6. The minimum Gasteiger partial charge on any atom is -0.459 e. The van der Waals surface area contributed by atoms with Crippen LogP contribution in [-0.4, -0.2) is 51.7 Å². The highest BCUT2D eigenvalue weighted by molar-refractivity contribution is 5.82. The molecule has 2 aliphatic rings. The van der Waals surface area contributed by atoms with E-state index in [1.165, 1.54) is 6.08 Å². The molecule has 0 aromatic heterocycles. The third kappa shape index (κ3) is 10.1. The molecule has 2 aliphatic heterocycles. The van der Waals surface area contributed by atoms with E-state index in [4.69, 9.17) is 4.74 Å². The number of cyclic esters (lactones) is 1. The number of nitrogens with one attached hydrogen (secondary N) is 1. The number of ketones is 1. The number of esters is 1. The molecule has 0 saturated carbocycles. The highest BCUT2D eigenvalue weighted by atomic mass is 16.5. The molecule has 2 rings (SSSR count). The van der Waals surface area contributed by atoms with Gasteiger partial charge in [0.25, 0.3) is 0 Å². The van der Waals surface area contributed by atoms with Crippen molar-refractivity contribution in [1.82, 2.24) is 5.32 Å². The van der Waals surface area contributed by atoms with Crippen LogP contribution in [0.25, 0.3) is 0 Å². The third-order valence-electron chi connectivity index (χ3n) is 6.91. The SMILES string of the molecule is C[C@H](C[C@H](C)C(=O)C[C@H](O)CC1C[C@@H](O)N[C@@H](O)C1)[C@@H]1OC(=O)/C=C/C/C=C/CCC[C@@H]1C. The molecule has 0 radical (unpaired) electrons. The summed E-state index contributed by atoms with van der Waals surface area (Å²) in [5.74, 6) is -0.440. The summed E-state index contributed by atoms with van der Waals surface area (Å²) in [4.78, 5) is 25.1. The molecule has 0 aromatic carbocycles. The van der Waals surface area contributed by atoms with Crippen molar-refractivity contribution in [3.8, 4) is 0 Å². The van der Waals surface area contributed by atoms with Gasteiger partial charge in [0.15, 0.2) is 0 Å². The summed E-state index contributed by atoms with van der Waals surface area (Å²) in [6.07, 6.45) is 10.5. The van der Waals surface area contributed by atoms with Gasteiger partial charge in [-0.1, -0.05) is 39.0 Å². The molecule has 0 aromatic rings. The van der Waals surface area contributed by atoms with Crippen molar-refractivity contribution in [2.24, 2.45) is 23.7 Å². The number of aliphatic hydroxyl groups excluding tert-OH is 3. The van der Waals surface area contributed by atoms with Crippen LogP contribution in [0.15, 0.2) is 24.3 Å². The van der Waals surface area contributed by atoms with Gasteiger partial charge < -0.3 is 20.1 Å². The highest BCUT2D eigenvalue weighted by Crippen LogP contribution is 2.29. The second-order valence-corrected chi connectivity index (χ2v) is 10.1. The normalized spacial score (nSPS) is 34.1. The van der Waals surface area contributed by atoms with Crippen molar-refractivity contribution in [3.63, 3.8) is 0 Å². The van der Waals surface area contributed by atoms with E-state index in [1.54, 1.807) is 6.08 Å². The second-order valence-electron chi connectivity index (χ2n) is 10.1. The summed E-state index contributed by atoms with van der Waals surface area (Å²) < 4.78 is 5.82. The number of piperidine rings is 1. The van der Waals surface area contributed by atoms with Crippen LogP contribution in [0, 0.1) is 23.7 Å². The number of allylic oxidation sites excluding steroid dienone is 3. The molecule has 0 aliphatic carbocycles. The molecule has 1 fully saturated rings. The van der Waals surface area contributed by atoms with Gasteiger partial charge in [0.2, 0.25) is 0 Å². The first-order valence-electron chi connectivity index (χ1n) is 12.5. The summed E-state index contributed by atoms with van der Waals surface area (Å²) in [6, 6.07) is 0. The average Bonchev–Trinajstić information content (AvgIpc) is 2.71. The van der Waals surface area contributed by atoms with Gasteiger partial charge in [-0.15, -0.1) is 0 Å². The number of Topliss-reactive ketones (excluding diaryl/α,β-unsaturated/α-hetero) is 1.